The Hall–Kier alpha value is -1.20. The molecule has 1 aliphatic heterocycles. The Morgan fingerprint density at radius 3 is 3.22 bits per heavy atom. The number of thioether (sulfide) groups is 1. The molecule has 4 N–H and O–H groups in total. The Labute approximate surface area is 111 Å². The minimum absolute atomic E-state index is 0.766. The van der Waals surface area contributed by atoms with Crippen LogP contribution < -0.4 is 11.1 Å². The molecule has 1 fully saturated rings. The van der Waals surface area contributed by atoms with Gasteiger partial charge < -0.3 is 16.0 Å². The third kappa shape index (κ3) is 2.62. The van der Waals surface area contributed by atoms with Gasteiger partial charge in [-0.1, -0.05) is 11.8 Å². The second kappa shape index (κ2) is 5.20. The molecule has 0 bridgehead atoms. The fourth-order valence-corrected chi connectivity index (χ4v) is 3.36. The van der Waals surface area contributed by atoms with E-state index in [0.717, 1.165) is 40.1 Å². The summed E-state index contributed by atoms with van der Waals surface area (Å²) in [6, 6.07) is 5.80. The molecule has 0 spiro atoms. The van der Waals surface area contributed by atoms with E-state index < -0.39 is 0 Å². The van der Waals surface area contributed by atoms with Crippen LogP contribution in [0, 0.1) is 5.92 Å². The average Bonchev–Trinajstić information content (AvgIpc) is 2.79. The minimum Gasteiger partial charge on any atom is -0.399 e. The summed E-state index contributed by atoms with van der Waals surface area (Å²) in [5.74, 6) is 1.89. The molecule has 0 aliphatic carbocycles. The first-order valence-corrected chi connectivity index (χ1v) is 7.38. The standard InChI is InChI=1S/C13H18N4S/c14-10-3-4-11-12(6-10)17-13(16-11)18-8-9-2-1-5-15-7-9/h3-4,6,9,15H,1-2,5,7-8,14H2,(H,16,17). The number of aromatic amines is 1. The largest absolute Gasteiger partial charge is 0.399 e. The van der Waals surface area contributed by atoms with E-state index in [4.69, 9.17) is 5.73 Å². The lowest BCUT2D eigenvalue weighted by Crippen LogP contribution is -2.30. The molecule has 0 amide bonds. The number of nitrogen functional groups attached to an aromatic ring is 1. The van der Waals surface area contributed by atoms with Crippen LogP contribution in [0.1, 0.15) is 12.8 Å². The van der Waals surface area contributed by atoms with Gasteiger partial charge in [-0.2, -0.15) is 0 Å². The zero-order valence-electron chi connectivity index (χ0n) is 10.3. The summed E-state index contributed by atoms with van der Waals surface area (Å²) in [6.07, 6.45) is 2.62. The van der Waals surface area contributed by atoms with Crippen molar-refractivity contribution < 1.29 is 0 Å². The van der Waals surface area contributed by atoms with Crippen LogP contribution >= 0.6 is 11.8 Å². The summed E-state index contributed by atoms with van der Waals surface area (Å²) < 4.78 is 0. The first kappa shape index (κ1) is 11.9. The number of anilines is 1. The minimum atomic E-state index is 0.766. The molecule has 2 aromatic rings. The second-order valence-corrected chi connectivity index (χ2v) is 5.85. The van der Waals surface area contributed by atoms with E-state index in [9.17, 15) is 0 Å². The molecule has 2 heterocycles. The lowest BCUT2D eigenvalue weighted by molar-refractivity contribution is 0.410. The topological polar surface area (TPSA) is 66.7 Å². The van der Waals surface area contributed by atoms with Crippen molar-refractivity contribution in [1.29, 1.82) is 0 Å². The van der Waals surface area contributed by atoms with Gasteiger partial charge in [-0.15, -0.1) is 0 Å². The molecular weight excluding hydrogens is 244 g/mol. The third-order valence-electron chi connectivity index (χ3n) is 3.34. The summed E-state index contributed by atoms with van der Waals surface area (Å²) >= 11 is 1.81. The van der Waals surface area contributed by atoms with Crippen LogP contribution in [-0.4, -0.2) is 28.8 Å². The van der Waals surface area contributed by atoms with Crippen LogP contribution in [0.15, 0.2) is 23.4 Å². The zero-order valence-corrected chi connectivity index (χ0v) is 11.1. The van der Waals surface area contributed by atoms with E-state index in [1.165, 1.54) is 19.4 Å². The van der Waals surface area contributed by atoms with Gasteiger partial charge in [0.05, 0.1) is 11.0 Å². The van der Waals surface area contributed by atoms with Crippen molar-refractivity contribution in [2.45, 2.75) is 18.0 Å². The highest BCUT2D eigenvalue weighted by Gasteiger charge is 2.14. The van der Waals surface area contributed by atoms with Gasteiger partial charge in [-0.25, -0.2) is 4.98 Å². The van der Waals surface area contributed by atoms with Crippen molar-refractivity contribution in [2.24, 2.45) is 5.92 Å². The number of aromatic nitrogens is 2. The summed E-state index contributed by atoms with van der Waals surface area (Å²) in [4.78, 5) is 7.90. The van der Waals surface area contributed by atoms with E-state index in [1.54, 1.807) is 0 Å². The molecular formula is C13H18N4S. The number of nitrogens with zero attached hydrogens (tertiary/aromatic N) is 1. The Morgan fingerprint density at radius 1 is 1.44 bits per heavy atom. The highest BCUT2D eigenvalue weighted by molar-refractivity contribution is 7.99. The Kier molecular flexibility index (Phi) is 3.43. The first-order valence-electron chi connectivity index (χ1n) is 6.40. The van der Waals surface area contributed by atoms with Crippen molar-refractivity contribution in [2.75, 3.05) is 24.6 Å². The molecule has 0 saturated carbocycles. The van der Waals surface area contributed by atoms with Crippen molar-refractivity contribution >= 4 is 28.5 Å². The highest BCUT2D eigenvalue weighted by atomic mass is 32.2. The maximum atomic E-state index is 5.76. The summed E-state index contributed by atoms with van der Waals surface area (Å²) in [7, 11) is 0. The quantitative estimate of drug-likeness (QED) is 0.586. The smallest absolute Gasteiger partial charge is 0.166 e. The molecule has 5 heteroatoms. The molecule has 4 nitrogen and oxygen atoms in total. The predicted octanol–water partition coefficient (Wildman–Crippen LogP) is 2.24. The molecule has 1 saturated heterocycles. The monoisotopic (exact) mass is 262 g/mol. The molecule has 1 aromatic carbocycles. The SMILES string of the molecule is Nc1ccc2nc(SCC3CCCNC3)[nH]c2c1. The van der Waals surface area contributed by atoms with Crippen LogP contribution in [-0.2, 0) is 0 Å². The summed E-state index contributed by atoms with van der Waals surface area (Å²) in [6.45, 7) is 2.31. The molecule has 18 heavy (non-hydrogen) atoms. The second-order valence-electron chi connectivity index (χ2n) is 4.84. The van der Waals surface area contributed by atoms with Gasteiger partial charge in [0.2, 0.25) is 0 Å². The van der Waals surface area contributed by atoms with E-state index in [0.29, 0.717) is 0 Å². The number of piperidine rings is 1. The van der Waals surface area contributed by atoms with Crippen LogP contribution in [0.5, 0.6) is 0 Å². The fraction of sp³-hybridized carbons (Fsp3) is 0.462. The highest BCUT2D eigenvalue weighted by Crippen LogP contribution is 2.24. The Bertz CT molecular complexity index is 531. The first-order chi connectivity index (χ1) is 8.81. The maximum absolute atomic E-state index is 5.76. The lowest BCUT2D eigenvalue weighted by atomic mass is 10.0. The average molecular weight is 262 g/mol. The van der Waals surface area contributed by atoms with Gasteiger partial charge in [-0.05, 0) is 50.0 Å². The van der Waals surface area contributed by atoms with Gasteiger partial charge >= 0.3 is 0 Å². The van der Waals surface area contributed by atoms with Crippen LogP contribution in [0.4, 0.5) is 5.69 Å². The van der Waals surface area contributed by atoms with E-state index in [2.05, 4.69) is 15.3 Å². The van der Waals surface area contributed by atoms with Crippen LogP contribution in [0.2, 0.25) is 0 Å². The van der Waals surface area contributed by atoms with Gasteiger partial charge in [-0.3, -0.25) is 0 Å². The molecule has 3 rings (SSSR count). The lowest BCUT2D eigenvalue weighted by Gasteiger charge is -2.21. The van der Waals surface area contributed by atoms with Gasteiger partial charge in [0.25, 0.3) is 0 Å². The molecule has 96 valence electrons. The van der Waals surface area contributed by atoms with E-state index in [1.807, 2.05) is 30.0 Å². The van der Waals surface area contributed by atoms with Crippen molar-refractivity contribution in [3.05, 3.63) is 18.2 Å². The molecule has 1 aliphatic rings. The maximum Gasteiger partial charge on any atom is 0.166 e. The van der Waals surface area contributed by atoms with Crippen molar-refractivity contribution in [1.82, 2.24) is 15.3 Å². The number of hydrogen-bond acceptors (Lipinski definition) is 4. The number of H-pyrrole nitrogens is 1. The Morgan fingerprint density at radius 2 is 2.39 bits per heavy atom. The number of benzene rings is 1. The normalized spacial score (nSPS) is 20.3. The molecule has 1 unspecified atom stereocenters. The molecule has 0 radical (unpaired) electrons. The number of nitrogens with one attached hydrogen (secondary N) is 2. The van der Waals surface area contributed by atoms with Gasteiger partial charge in [0.15, 0.2) is 5.16 Å². The van der Waals surface area contributed by atoms with E-state index in [-0.39, 0.29) is 0 Å². The molecule has 1 aromatic heterocycles. The van der Waals surface area contributed by atoms with Crippen molar-refractivity contribution in [3.63, 3.8) is 0 Å². The van der Waals surface area contributed by atoms with Gasteiger partial charge in [0.1, 0.15) is 0 Å². The number of nitrogens with two attached hydrogens (primary N) is 1. The summed E-state index contributed by atoms with van der Waals surface area (Å²) in [5, 5.41) is 4.45. The van der Waals surface area contributed by atoms with Crippen molar-refractivity contribution in [3.8, 4) is 0 Å². The number of fused-ring (bicyclic) bond motifs is 1. The summed E-state index contributed by atoms with van der Waals surface area (Å²) in [5.41, 5.74) is 8.56. The van der Waals surface area contributed by atoms with E-state index >= 15 is 0 Å². The Balaban J connectivity index is 1.67. The molecule has 1 atom stereocenters. The number of hydrogen-bond donors (Lipinski definition) is 3. The zero-order chi connectivity index (χ0) is 12.4. The van der Waals surface area contributed by atoms with Crippen LogP contribution in [0.25, 0.3) is 11.0 Å². The number of rotatable bonds is 3. The predicted molar refractivity (Wildman–Crippen MR) is 76.8 cm³/mol. The van der Waals surface area contributed by atoms with Gasteiger partial charge in [0, 0.05) is 11.4 Å². The van der Waals surface area contributed by atoms with Crippen LogP contribution in [0.3, 0.4) is 0 Å². The number of imidazole rings is 1. The fourth-order valence-electron chi connectivity index (χ4n) is 2.34. The third-order valence-corrected chi connectivity index (χ3v) is 4.44.